The van der Waals surface area contributed by atoms with Crippen molar-refractivity contribution >= 4 is 11.9 Å². The molecule has 0 aliphatic rings. The van der Waals surface area contributed by atoms with Crippen LogP contribution in [0.3, 0.4) is 0 Å². The standard InChI is InChI=1S/C10H19N2O5/c1-9(2,7(13)16-5)11-12(15)10(3,4)8(14)17-6/h1-6H3,(H,11,15)/q+1. The van der Waals surface area contributed by atoms with Crippen molar-refractivity contribution in [2.24, 2.45) is 0 Å². The molecular weight excluding hydrogens is 228 g/mol. The number of nitrogens with one attached hydrogen (secondary N) is 1. The van der Waals surface area contributed by atoms with E-state index in [2.05, 4.69) is 14.9 Å². The third kappa shape index (κ3) is 3.40. The number of ether oxygens (including phenoxy) is 2. The lowest BCUT2D eigenvalue weighted by Gasteiger charge is -2.21. The molecule has 1 N–H and O–H groups in total. The molecule has 0 heterocycles. The van der Waals surface area contributed by atoms with E-state index in [1.807, 2.05) is 0 Å². The largest absolute Gasteiger partial charge is 0.467 e. The molecular formula is C10H19N2O5+. The molecule has 0 aromatic rings. The number of esters is 2. The Morgan fingerprint density at radius 1 is 1.00 bits per heavy atom. The van der Waals surface area contributed by atoms with Gasteiger partial charge in [0.1, 0.15) is 4.87 Å². The normalized spacial score (nSPS) is 11.6. The summed E-state index contributed by atoms with van der Waals surface area (Å²) in [5.74, 6) is -1.32. The Labute approximate surface area is 100.0 Å². The van der Waals surface area contributed by atoms with Gasteiger partial charge in [-0.05, 0) is 13.8 Å². The molecule has 0 amide bonds. The van der Waals surface area contributed by atoms with E-state index < -0.39 is 23.0 Å². The maximum atomic E-state index is 11.8. The minimum Gasteiger partial charge on any atom is -0.467 e. The summed E-state index contributed by atoms with van der Waals surface area (Å²) in [5, 5.41) is 0. The number of hydrogen-bond donors (Lipinski definition) is 1. The summed E-state index contributed by atoms with van der Waals surface area (Å²) in [6.07, 6.45) is 0. The molecule has 0 saturated heterocycles. The average Bonchev–Trinajstić information content (AvgIpc) is 2.25. The molecule has 0 bridgehead atoms. The fourth-order valence-electron chi connectivity index (χ4n) is 1.03. The fourth-order valence-corrected chi connectivity index (χ4v) is 1.03. The van der Waals surface area contributed by atoms with E-state index in [0.29, 0.717) is 0 Å². The van der Waals surface area contributed by atoms with Crippen LogP contribution in [0.15, 0.2) is 0 Å². The SMILES string of the molecule is COC(=O)C(C)(C)N[N+](=O)C(C)(C)C(=O)OC. The number of methoxy groups -OCH3 is 2. The minimum absolute atomic E-state index is 0.287. The predicted octanol–water partition coefficient (Wildman–Crippen LogP) is 0.173. The minimum atomic E-state index is -1.44. The Morgan fingerprint density at radius 2 is 1.41 bits per heavy atom. The number of carbonyl (C=O) groups is 2. The molecule has 0 rings (SSSR count). The van der Waals surface area contributed by atoms with Crippen LogP contribution in [-0.4, -0.2) is 42.1 Å². The van der Waals surface area contributed by atoms with Crippen molar-refractivity contribution in [1.29, 1.82) is 0 Å². The van der Waals surface area contributed by atoms with E-state index in [1.165, 1.54) is 41.9 Å². The molecule has 0 unspecified atom stereocenters. The number of hydrogen-bond acceptors (Lipinski definition) is 5. The van der Waals surface area contributed by atoms with Gasteiger partial charge in [0.15, 0.2) is 5.54 Å². The van der Waals surface area contributed by atoms with Crippen LogP contribution < -0.4 is 5.43 Å². The Kier molecular flexibility index (Phi) is 4.61. The lowest BCUT2D eigenvalue weighted by Crippen LogP contribution is -2.59. The van der Waals surface area contributed by atoms with Gasteiger partial charge in [-0.3, -0.25) is 0 Å². The molecule has 98 valence electrons. The molecule has 7 nitrogen and oxygen atoms in total. The Morgan fingerprint density at radius 3 is 1.76 bits per heavy atom. The van der Waals surface area contributed by atoms with Crippen molar-refractivity contribution in [3.63, 3.8) is 0 Å². The smallest absolute Gasteiger partial charge is 0.385 e. The number of nitrogens with zero attached hydrogens (tertiary/aromatic N) is 1. The second-order valence-corrected chi connectivity index (χ2v) is 4.57. The van der Waals surface area contributed by atoms with E-state index in [-0.39, 0.29) is 4.87 Å². The van der Waals surface area contributed by atoms with Crippen LogP contribution in [0.2, 0.25) is 0 Å². The van der Waals surface area contributed by atoms with E-state index in [4.69, 9.17) is 0 Å². The van der Waals surface area contributed by atoms with Gasteiger partial charge in [-0.25, -0.2) is 9.59 Å². The first kappa shape index (κ1) is 15.3. The Bertz CT molecular complexity index is 336. The molecule has 0 saturated carbocycles. The van der Waals surface area contributed by atoms with Gasteiger partial charge in [0.05, 0.1) is 19.1 Å². The second-order valence-electron chi connectivity index (χ2n) is 4.57. The first-order valence-electron chi connectivity index (χ1n) is 5.01. The van der Waals surface area contributed by atoms with Crippen LogP contribution >= 0.6 is 0 Å². The third-order valence-electron chi connectivity index (χ3n) is 2.27. The number of hydrazine groups is 1. The van der Waals surface area contributed by atoms with E-state index in [1.54, 1.807) is 0 Å². The first-order valence-corrected chi connectivity index (χ1v) is 5.01. The van der Waals surface area contributed by atoms with Crippen molar-refractivity contribution in [3.8, 4) is 0 Å². The second kappa shape index (κ2) is 5.11. The number of rotatable bonds is 5. The Hall–Kier alpha value is -1.66. The zero-order valence-electron chi connectivity index (χ0n) is 11.0. The van der Waals surface area contributed by atoms with Crippen LogP contribution in [-0.2, 0) is 19.1 Å². The van der Waals surface area contributed by atoms with Crippen molar-refractivity contribution in [1.82, 2.24) is 5.43 Å². The van der Waals surface area contributed by atoms with E-state index in [0.717, 1.165) is 0 Å². The summed E-state index contributed by atoms with van der Waals surface area (Å²) >= 11 is 0. The fraction of sp³-hybridized carbons (Fsp3) is 0.800. The summed E-state index contributed by atoms with van der Waals surface area (Å²) < 4.78 is 9.03. The predicted molar refractivity (Wildman–Crippen MR) is 59.0 cm³/mol. The molecule has 0 aromatic heterocycles. The summed E-state index contributed by atoms with van der Waals surface area (Å²) in [4.78, 5) is 34.8. The van der Waals surface area contributed by atoms with E-state index in [9.17, 15) is 14.5 Å². The molecule has 0 spiro atoms. The van der Waals surface area contributed by atoms with Crippen LogP contribution in [0, 0.1) is 4.91 Å². The van der Waals surface area contributed by atoms with Crippen molar-refractivity contribution in [3.05, 3.63) is 4.91 Å². The van der Waals surface area contributed by atoms with Crippen LogP contribution in [0.1, 0.15) is 27.7 Å². The van der Waals surface area contributed by atoms with Gasteiger partial charge >= 0.3 is 17.5 Å². The van der Waals surface area contributed by atoms with Gasteiger partial charge in [-0.2, -0.15) is 0 Å². The average molecular weight is 247 g/mol. The molecule has 0 aliphatic heterocycles. The maximum absolute atomic E-state index is 11.8. The number of carbonyl (C=O) groups excluding carboxylic acids is 2. The molecule has 0 aromatic carbocycles. The zero-order chi connectivity index (χ0) is 13.9. The molecule has 0 fully saturated rings. The molecule has 0 aliphatic carbocycles. The highest BCUT2D eigenvalue weighted by Crippen LogP contribution is 2.12. The zero-order valence-corrected chi connectivity index (χ0v) is 11.0. The highest BCUT2D eigenvalue weighted by atomic mass is 16.5. The maximum Gasteiger partial charge on any atom is 0.385 e. The van der Waals surface area contributed by atoms with Crippen LogP contribution in [0.25, 0.3) is 0 Å². The lowest BCUT2D eigenvalue weighted by molar-refractivity contribution is -0.667. The molecule has 17 heavy (non-hydrogen) atoms. The highest BCUT2D eigenvalue weighted by molar-refractivity contribution is 5.80. The summed E-state index contributed by atoms with van der Waals surface area (Å²) in [6.45, 7) is 5.70. The molecule has 0 atom stereocenters. The monoisotopic (exact) mass is 247 g/mol. The molecule has 0 radical (unpaired) electrons. The van der Waals surface area contributed by atoms with Crippen molar-refractivity contribution in [2.75, 3.05) is 14.2 Å². The summed E-state index contributed by atoms with van der Waals surface area (Å²) in [5.41, 5.74) is -0.314. The quantitative estimate of drug-likeness (QED) is 0.423. The lowest BCUT2D eigenvalue weighted by atomic mass is 10.1. The van der Waals surface area contributed by atoms with Gasteiger partial charge in [0, 0.05) is 13.8 Å². The van der Waals surface area contributed by atoms with Gasteiger partial charge in [0.25, 0.3) is 0 Å². The van der Waals surface area contributed by atoms with Crippen molar-refractivity contribution in [2.45, 2.75) is 38.8 Å². The summed E-state index contributed by atoms with van der Waals surface area (Å²) in [6, 6.07) is 0. The van der Waals surface area contributed by atoms with Gasteiger partial charge in [-0.1, -0.05) is 0 Å². The van der Waals surface area contributed by atoms with Gasteiger partial charge in [-0.15, -0.1) is 5.43 Å². The van der Waals surface area contributed by atoms with Gasteiger partial charge in [0.2, 0.25) is 0 Å². The van der Waals surface area contributed by atoms with Crippen LogP contribution in [0.5, 0.6) is 0 Å². The number of nitroso groups, excluding NO2 is 1. The highest BCUT2D eigenvalue weighted by Gasteiger charge is 2.49. The molecule has 7 heteroatoms. The van der Waals surface area contributed by atoms with E-state index >= 15 is 0 Å². The van der Waals surface area contributed by atoms with Crippen LogP contribution in [0.4, 0.5) is 0 Å². The third-order valence-corrected chi connectivity index (χ3v) is 2.27. The first-order chi connectivity index (χ1) is 7.59. The Balaban J connectivity index is 4.87. The van der Waals surface area contributed by atoms with Gasteiger partial charge < -0.3 is 9.47 Å². The van der Waals surface area contributed by atoms with Crippen molar-refractivity contribution < 1.29 is 23.9 Å². The summed E-state index contributed by atoms with van der Waals surface area (Å²) in [7, 11) is 2.40. The topological polar surface area (TPSA) is 84.7 Å².